The maximum atomic E-state index is 14.1. The number of nitrogens with zero attached hydrogens (tertiary/aromatic N) is 1. The highest BCUT2D eigenvalue weighted by atomic mass is 28.4. The van der Waals surface area contributed by atoms with Crippen LogP contribution in [0.3, 0.4) is 0 Å². The number of carboxylic acid groups (broad SMARTS) is 1. The molecule has 0 saturated carbocycles. The fraction of sp³-hybridized carbons (Fsp3) is 0.529. The number of carbonyl (C=O) groups excluding carboxylic acids is 3. The molecule has 4 N–H and O–H groups in total. The first-order valence-corrected chi connectivity index (χ1v) is 17.7. The molecule has 3 amide bonds. The molecule has 2 aromatic carbocycles. The summed E-state index contributed by atoms with van der Waals surface area (Å²) in [7, 11) is -3.12. The van der Waals surface area contributed by atoms with Crippen LogP contribution in [0, 0.1) is 5.92 Å². The van der Waals surface area contributed by atoms with Crippen molar-refractivity contribution in [3.63, 3.8) is 0 Å². The van der Waals surface area contributed by atoms with Gasteiger partial charge < -0.3 is 24.9 Å². The van der Waals surface area contributed by atoms with Crippen LogP contribution in [0.15, 0.2) is 60.7 Å². The van der Waals surface area contributed by atoms with Gasteiger partial charge in [0.1, 0.15) is 23.7 Å². The Labute approximate surface area is 273 Å². The molecule has 3 rings (SSSR count). The number of carboxylic acids is 1. The summed E-state index contributed by atoms with van der Waals surface area (Å²) in [5.41, 5.74) is 2.03. The van der Waals surface area contributed by atoms with E-state index >= 15 is 0 Å². The van der Waals surface area contributed by atoms with E-state index in [1.54, 1.807) is 34.6 Å². The molecule has 0 aliphatic carbocycles. The minimum atomic E-state index is -3.12. The molecule has 2 aromatic rings. The van der Waals surface area contributed by atoms with Crippen LogP contribution in [0.1, 0.15) is 68.2 Å². The van der Waals surface area contributed by atoms with Crippen LogP contribution in [0.4, 0.5) is 4.79 Å². The van der Waals surface area contributed by atoms with Gasteiger partial charge in [-0.3, -0.25) is 19.4 Å². The van der Waals surface area contributed by atoms with E-state index in [-0.39, 0.29) is 19.1 Å². The lowest BCUT2D eigenvalue weighted by atomic mass is 10.0. The summed E-state index contributed by atoms with van der Waals surface area (Å²) in [6.07, 6.45) is 0.0832. The third-order valence-electron chi connectivity index (χ3n) is 7.87. The summed E-state index contributed by atoms with van der Waals surface area (Å²) in [4.78, 5) is 52.4. The van der Waals surface area contributed by atoms with Crippen molar-refractivity contribution in [3.8, 4) is 0 Å². The fourth-order valence-corrected chi connectivity index (χ4v) is 10.3. The Morgan fingerprint density at radius 2 is 1.48 bits per heavy atom. The van der Waals surface area contributed by atoms with Gasteiger partial charge in [-0.15, -0.1) is 0 Å². The fourth-order valence-electron chi connectivity index (χ4n) is 5.69. The van der Waals surface area contributed by atoms with Crippen molar-refractivity contribution >= 4 is 42.6 Å². The molecule has 252 valence electrons. The molecule has 1 aliphatic heterocycles. The summed E-state index contributed by atoms with van der Waals surface area (Å²) in [6, 6.07) is 16.7. The zero-order valence-electron chi connectivity index (χ0n) is 28.3. The van der Waals surface area contributed by atoms with Gasteiger partial charge in [0.25, 0.3) is 14.2 Å². The van der Waals surface area contributed by atoms with E-state index < -0.39 is 61.0 Å². The Hall–Kier alpha value is -3.74. The second-order valence-electron chi connectivity index (χ2n) is 14.1. The van der Waals surface area contributed by atoms with E-state index in [2.05, 4.69) is 36.8 Å². The van der Waals surface area contributed by atoms with Crippen molar-refractivity contribution in [1.82, 2.24) is 21.1 Å². The van der Waals surface area contributed by atoms with Gasteiger partial charge in [-0.1, -0.05) is 95.3 Å². The van der Waals surface area contributed by atoms with E-state index in [1.807, 2.05) is 60.7 Å². The zero-order valence-corrected chi connectivity index (χ0v) is 29.3. The normalized spacial score (nSPS) is 17.2. The lowest BCUT2D eigenvalue weighted by Gasteiger charge is -2.44. The van der Waals surface area contributed by atoms with Crippen LogP contribution >= 0.6 is 0 Å². The number of ether oxygens (including phenoxy) is 1. The zero-order chi connectivity index (χ0) is 34.3. The Morgan fingerprint density at radius 1 is 0.935 bits per heavy atom. The van der Waals surface area contributed by atoms with Crippen LogP contribution in [0.25, 0.3) is 0 Å². The van der Waals surface area contributed by atoms with Gasteiger partial charge in [0.15, 0.2) is 0 Å². The Bertz CT molecular complexity index is 1300. The minimum absolute atomic E-state index is 0.189. The van der Waals surface area contributed by atoms with Gasteiger partial charge in [0.2, 0.25) is 5.91 Å². The average Bonchev–Trinajstić information content (AvgIpc) is 2.98. The first kappa shape index (κ1) is 36.7. The maximum absolute atomic E-state index is 14.1. The average molecular weight is 655 g/mol. The van der Waals surface area contributed by atoms with Crippen molar-refractivity contribution in [2.75, 3.05) is 13.2 Å². The third kappa shape index (κ3) is 9.17. The lowest BCUT2D eigenvalue weighted by Crippen LogP contribution is -2.68. The number of amides is 3. The van der Waals surface area contributed by atoms with Crippen LogP contribution in [-0.2, 0) is 23.5 Å². The van der Waals surface area contributed by atoms with Gasteiger partial charge >= 0.3 is 12.1 Å². The molecule has 12 heteroatoms. The smallest absolute Gasteiger partial charge is 0.408 e. The molecule has 46 heavy (non-hydrogen) atoms. The monoisotopic (exact) mass is 654 g/mol. The summed E-state index contributed by atoms with van der Waals surface area (Å²) in [6.45, 7) is 15.1. The van der Waals surface area contributed by atoms with Crippen molar-refractivity contribution in [3.05, 3.63) is 60.7 Å². The summed E-state index contributed by atoms with van der Waals surface area (Å²) >= 11 is 0. The Morgan fingerprint density at radius 3 is 1.93 bits per heavy atom. The highest BCUT2D eigenvalue weighted by molar-refractivity contribution is 6.99. The SMILES string of the molecule is CC(C)[C@H](NC(=O)OC(C)(C)C)C(=O)N[C@@H](CO[Si](c1ccccc1)(c1ccccc1)C(C)(C)C)C(=O)N1CCC[C@@H](C(=O)O)N1. The van der Waals surface area contributed by atoms with Gasteiger partial charge in [-0.2, -0.15) is 0 Å². The number of aliphatic carboxylic acids is 1. The topological polar surface area (TPSA) is 146 Å². The second kappa shape index (κ2) is 15.2. The number of hydrogen-bond donors (Lipinski definition) is 4. The summed E-state index contributed by atoms with van der Waals surface area (Å²) < 4.78 is 12.4. The van der Waals surface area contributed by atoms with Crippen molar-refractivity contribution < 1.29 is 33.4 Å². The predicted octanol–water partition coefficient (Wildman–Crippen LogP) is 3.18. The standard InChI is InChI=1S/C34H50N4O7Si/c1-23(2)28(36-32(43)45-33(3,4)5)29(39)35-27(30(40)38-21-15-20-26(37-38)31(41)42)22-44-46(34(6,7)8,24-16-11-9-12-17-24)25-18-13-10-14-19-25/h9-14,16-19,23,26-28,37H,15,20-22H2,1-8H3,(H,35,39)(H,36,43)(H,41,42)/t26-,27-,28-/m0/s1. The number of benzene rings is 2. The summed E-state index contributed by atoms with van der Waals surface area (Å²) in [5, 5.41) is 18.0. The number of hydrogen-bond acceptors (Lipinski definition) is 7. The first-order chi connectivity index (χ1) is 21.5. The quantitative estimate of drug-likeness (QED) is 0.271. The molecule has 0 radical (unpaired) electrons. The first-order valence-electron chi connectivity index (χ1n) is 15.8. The lowest BCUT2D eigenvalue weighted by molar-refractivity contribution is -0.149. The molecule has 3 atom stereocenters. The van der Waals surface area contributed by atoms with E-state index in [0.29, 0.717) is 12.8 Å². The molecule has 11 nitrogen and oxygen atoms in total. The van der Waals surface area contributed by atoms with Crippen LogP contribution in [0.5, 0.6) is 0 Å². The Balaban J connectivity index is 2.02. The Kier molecular flexibility index (Phi) is 12.2. The molecule has 0 aromatic heterocycles. The van der Waals surface area contributed by atoms with Crippen molar-refractivity contribution in [2.45, 2.75) is 97.0 Å². The molecule has 0 bridgehead atoms. The number of rotatable bonds is 11. The molecule has 0 unspecified atom stereocenters. The number of nitrogens with one attached hydrogen (secondary N) is 3. The van der Waals surface area contributed by atoms with E-state index in [1.165, 1.54) is 5.01 Å². The van der Waals surface area contributed by atoms with Gasteiger partial charge in [-0.25, -0.2) is 10.2 Å². The van der Waals surface area contributed by atoms with E-state index in [4.69, 9.17) is 9.16 Å². The number of carbonyl (C=O) groups is 4. The number of alkyl carbamates (subject to hydrolysis) is 1. The second-order valence-corrected chi connectivity index (χ2v) is 18.4. The van der Waals surface area contributed by atoms with Gasteiger partial charge in [0.05, 0.1) is 6.61 Å². The molecule has 1 saturated heterocycles. The highest BCUT2D eigenvalue weighted by Gasteiger charge is 2.51. The van der Waals surface area contributed by atoms with Crippen molar-refractivity contribution in [2.24, 2.45) is 5.92 Å². The molecule has 1 fully saturated rings. The van der Waals surface area contributed by atoms with Gasteiger partial charge in [0, 0.05) is 6.54 Å². The summed E-state index contributed by atoms with van der Waals surface area (Å²) in [5.74, 6) is -2.53. The van der Waals surface area contributed by atoms with Crippen molar-refractivity contribution in [1.29, 1.82) is 0 Å². The van der Waals surface area contributed by atoms with E-state index in [9.17, 15) is 24.3 Å². The molecule has 0 spiro atoms. The number of hydrazine groups is 1. The van der Waals surface area contributed by atoms with Crippen LogP contribution < -0.4 is 26.4 Å². The highest BCUT2D eigenvalue weighted by Crippen LogP contribution is 2.37. The third-order valence-corrected chi connectivity index (χ3v) is 12.9. The van der Waals surface area contributed by atoms with Crippen LogP contribution in [0.2, 0.25) is 5.04 Å². The molecule has 1 heterocycles. The molecular formula is C34H50N4O7Si. The van der Waals surface area contributed by atoms with Gasteiger partial charge in [-0.05, 0) is 54.9 Å². The predicted molar refractivity (Wildman–Crippen MR) is 179 cm³/mol. The molecular weight excluding hydrogens is 604 g/mol. The minimum Gasteiger partial charge on any atom is -0.480 e. The molecule has 1 aliphatic rings. The largest absolute Gasteiger partial charge is 0.480 e. The van der Waals surface area contributed by atoms with E-state index in [0.717, 1.165) is 10.4 Å². The van der Waals surface area contributed by atoms with Crippen LogP contribution in [-0.4, -0.2) is 79.2 Å². The maximum Gasteiger partial charge on any atom is 0.408 e.